The van der Waals surface area contributed by atoms with Crippen molar-refractivity contribution >= 4 is 0 Å². The molecule has 1 heterocycles. The van der Waals surface area contributed by atoms with Crippen LogP contribution in [0.1, 0.15) is 26.3 Å². The Bertz CT molecular complexity index is 1370. The molecule has 0 saturated carbocycles. The minimum absolute atomic E-state index is 0.235. The smallest absolute Gasteiger partial charge is 0.144 e. The van der Waals surface area contributed by atoms with Gasteiger partial charge in [-0.05, 0) is 40.3 Å². The quantitative estimate of drug-likeness (QED) is 0.271. The lowest BCUT2D eigenvalue weighted by atomic mass is 9.83. The van der Waals surface area contributed by atoms with Crippen molar-refractivity contribution in [1.29, 1.82) is 0 Å². The third-order valence-corrected chi connectivity index (χ3v) is 6.12. The number of benzene rings is 4. The first kappa shape index (κ1) is 21.8. The molecule has 0 unspecified atom stereocenters. The van der Waals surface area contributed by atoms with Crippen LogP contribution in [0.5, 0.6) is 0 Å². The monoisotopic (exact) mass is 446 g/mol. The van der Waals surface area contributed by atoms with E-state index in [2.05, 4.69) is 92.1 Å². The topological polar surface area (TPSA) is 17.8 Å². The van der Waals surface area contributed by atoms with Gasteiger partial charge in [0.05, 0.1) is 5.69 Å². The number of nitrogens with zero attached hydrogens (tertiary/aromatic N) is 2. The zero-order chi connectivity index (χ0) is 23.7. The molecule has 3 heteroatoms. The summed E-state index contributed by atoms with van der Waals surface area (Å²) in [7, 11) is 0. The molecule has 0 amide bonds. The Morgan fingerprint density at radius 2 is 1.26 bits per heavy atom. The molecule has 0 aliphatic rings. The zero-order valence-electron chi connectivity index (χ0n) is 19.7. The minimum Gasteiger partial charge on any atom is -0.299 e. The second-order valence-corrected chi connectivity index (χ2v) is 9.49. The molecule has 0 N–H and O–H groups in total. The third-order valence-electron chi connectivity index (χ3n) is 6.12. The van der Waals surface area contributed by atoms with Crippen molar-refractivity contribution in [3.8, 4) is 39.3 Å². The summed E-state index contributed by atoms with van der Waals surface area (Å²) in [6.45, 7) is 6.31. The van der Waals surface area contributed by atoms with E-state index in [0.29, 0.717) is 0 Å². The number of hydrogen-bond donors (Lipinski definition) is 0. The number of aromatic nitrogens is 2. The van der Waals surface area contributed by atoms with Crippen LogP contribution in [-0.4, -0.2) is 9.55 Å². The SMILES string of the molecule is CC(C)(C)c1cc(F)ccc1-c1nccn1-c1c(-c2ccccc2)cccc1-c1ccccc1. The van der Waals surface area contributed by atoms with E-state index in [4.69, 9.17) is 4.98 Å². The van der Waals surface area contributed by atoms with Gasteiger partial charge in [0.1, 0.15) is 11.6 Å². The minimum atomic E-state index is -0.241. The summed E-state index contributed by atoms with van der Waals surface area (Å²) < 4.78 is 16.4. The summed E-state index contributed by atoms with van der Waals surface area (Å²) >= 11 is 0. The zero-order valence-corrected chi connectivity index (χ0v) is 19.7. The number of rotatable bonds is 4. The van der Waals surface area contributed by atoms with E-state index in [-0.39, 0.29) is 11.2 Å². The Morgan fingerprint density at radius 3 is 1.82 bits per heavy atom. The lowest BCUT2D eigenvalue weighted by Crippen LogP contribution is -2.14. The fourth-order valence-corrected chi connectivity index (χ4v) is 4.52. The van der Waals surface area contributed by atoms with Crippen molar-refractivity contribution in [3.63, 3.8) is 0 Å². The van der Waals surface area contributed by atoms with E-state index in [0.717, 1.165) is 44.9 Å². The first-order valence-electron chi connectivity index (χ1n) is 11.5. The van der Waals surface area contributed by atoms with Crippen molar-refractivity contribution in [2.45, 2.75) is 26.2 Å². The molecule has 0 saturated heterocycles. The van der Waals surface area contributed by atoms with Crippen molar-refractivity contribution < 1.29 is 4.39 Å². The fourth-order valence-electron chi connectivity index (χ4n) is 4.52. The maximum Gasteiger partial charge on any atom is 0.144 e. The van der Waals surface area contributed by atoms with Crippen LogP contribution in [-0.2, 0) is 5.41 Å². The highest BCUT2D eigenvalue weighted by atomic mass is 19.1. The molecule has 34 heavy (non-hydrogen) atoms. The predicted molar refractivity (Wildman–Crippen MR) is 139 cm³/mol. The van der Waals surface area contributed by atoms with Crippen LogP contribution >= 0.6 is 0 Å². The molecule has 0 bridgehead atoms. The number of halogens is 1. The van der Waals surface area contributed by atoms with Gasteiger partial charge in [-0.25, -0.2) is 9.37 Å². The van der Waals surface area contributed by atoms with E-state index in [1.54, 1.807) is 6.07 Å². The van der Waals surface area contributed by atoms with Crippen LogP contribution in [0.4, 0.5) is 4.39 Å². The molecule has 168 valence electrons. The summed E-state index contributed by atoms with van der Waals surface area (Å²) in [5, 5.41) is 0. The maximum absolute atomic E-state index is 14.3. The average molecular weight is 447 g/mol. The second kappa shape index (κ2) is 8.75. The summed E-state index contributed by atoms with van der Waals surface area (Å²) in [6.07, 6.45) is 3.82. The van der Waals surface area contributed by atoms with Gasteiger partial charge in [-0.15, -0.1) is 0 Å². The highest BCUT2D eigenvalue weighted by molar-refractivity contribution is 5.86. The molecule has 0 aliphatic heterocycles. The van der Waals surface area contributed by atoms with E-state index < -0.39 is 0 Å². The van der Waals surface area contributed by atoms with Gasteiger partial charge in [0, 0.05) is 29.1 Å². The fraction of sp³-hybridized carbons (Fsp3) is 0.129. The number of para-hydroxylation sites is 1. The Balaban J connectivity index is 1.82. The van der Waals surface area contributed by atoms with Crippen LogP contribution < -0.4 is 0 Å². The first-order chi connectivity index (χ1) is 16.4. The predicted octanol–water partition coefficient (Wildman–Crippen LogP) is 8.31. The Kier molecular flexibility index (Phi) is 5.62. The molecule has 0 spiro atoms. The largest absolute Gasteiger partial charge is 0.299 e. The molecular formula is C31H27FN2. The highest BCUT2D eigenvalue weighted by Crippen LogP contribution is 2.39. The Labute approximate surface area is 200 Å². The summed E-state index contributed by atoms with van der Waals surface area (Å²) in [4.78, 5) is 4.78. The Hall–Kier alpha value is -3.98. The van der Waals surface area contributed by atoms with Gasteiger partial charge in [0.15, 0.2) is 0 Å². The third kappa shape index (κ3) is 4.06. The molecule has 1 aromatic heterocycles. The van der Waals surface area contributed by atoms with Gasteiger partial charge in [0.2, 0.25) is 0 Å². The lowest BCUT2D eigenvalue weighted by Gasteiger charge is -2.24. The van der Waals surface area contributed by atoms with Crippen LogP contribution in [0.25, 0.3) is 39.3 Å². The van der Waals surface area contributed by atoms with Crippen LogP contribution in [0.3, 0.4) is 0 Å². The standard InChI is InChI=1S/C31H27FN2/c1-31(2,3)28-21-24(32)17-18-27(28)30-33-19-20-34(30)29-25(22-11-6-4-7-12-22)15-10-16-26(29)23-13-8-5-9-14-23/h4-21H,1-3H3. The van der Waals surface area contributed by atoms with Crippen molar-refractivity contribution in [2.75, 3.05) is 0 Å². The molecular weight excluding hydrogens is 419 g/mol. The van der Waals surface area contributed by atoms with Crippen LogP contribution in [0.2, 0.25) is 0 Å². The number of imidazole rings is 1. The first-order valence-corrected chi connectivity index (χ1v) is 11.5. The molecule has 4 aromatic carbocycles. The van der Waals surface area contributed by atoms with Gasteiger partial charge >= 0.3 is 0 Å². The lowest BCUT2D eigenvalue weighted by molar-refractivity contribution is 0.573. The van der Waals surface area contributed by atoms with Crippen molar-refractivity contribution in [2.24, 2.45) is 0 Å². The van der Waals surface area contributed by atoms with Gasteiger partial charge in [-0.1, -0.05) is 99.6 Å². The van der Waals surface area contributed by atoms with Gasteiger partial charge < -0.3 is 0 Å². The maximum atomic E-state index is 14.3. The summed E-state index contributed by atoms with van der Waals surface area (Å²) in [6, 6.07) is 32.2. The van der Waals surface area contributed by atoms with Crippen LogP contribution in [0.15, 0.2) is 109 Å². The van der Waals surface area contributed by atoms with Crippen molar-refractivity contribution in [1.82, 2.24) is 9.55 Å². The normalized spacial score (nSPS) is 11.5. The molecule has 2 nitrogen and oxygen atoms in total. The van der Waals surface area contributed by atoms with Gasteiger partial charge in [-0.3, -0.25) is 4.57 Å². The summed E-state index contributed by atoms with van der Waals surface area (Å²) in [5.74, 6) is 0.562. The van der Waals surface area contributed by atoms with Gasteiger partial charge in [0.25, 0.3) is 0 Å². The molecule has 5 rings (SSSR count). The van der Waals surface area contributed by atoms with Crippen molar-refractivity contribution in [3.05, 3.63) is 121 Å². The molecule has 5 aromatic rings. The molecule has 0 aliphatic carbocycles. The van der Waals surface area contributed by atoms with Crippen LogP contribution in [0, 0.1) is 5.82 Å². The summed E-state index contributed by atoms with van der Waals surface area (Å²) in [5.41, 5.74) is 7.15. The molecule has 0 fully saturated rings. The average Bonchev–Trinajstić information content (AvgIpc) is 3.33. The second-order valence-electron chi connectivity index (χ2n) is 9.49. The van der Waals surface area contributed by atoms with E-state index in [1.807, 2.05) is 30.6 Å². The van der Waals surface area contributed by atoms with Gasteiger partial charge in [-0.2, -0.15) is 0 Å². The Morgan fingerprint density at radius 1 is 0.676 bits per heavy atom. The van der Waals surface area contributed by atoms with E-state index in [9.17, 15) is 4.39 Å². The van der Waals surface area contributed by atoms with E-state index in [1.165, 1.54) is 6.07 Å². The molecule has 0 atom stereocenters. The highest BCUT2D eigenvalue weighted by Gasteiger charge is 2.24. The number of hydrogen-bond acceptors (Lipinski definition) is 1. The molecule has 0 radical (unpaired) electrons. The van der Waals surface area contributed by atoms with E-state index >= 15 is 0 Å².